The molecule has 2 rings (SSSR count). The molecule has 0 aliphatic heterocycles. The van der Waals surface area contributed by atoms with Gasteiger partial charge >= 0.3 is 0 Å². The van der Waals surface area contributed by atoms with Gasteiger partial charge in [0.25, 0.3) is 5.91 Å². The number of benzene rings is 1. The molecule has 0 saturated carbocycles. The van der Waals surface area contributed by atoms with Crippen molar-refractivity contribution >= 4 is 5.91 Å². The molecule has 1 amide bonds. The lowest BCUT2D eigenvalue weighted by Crippen LogP contribution is -2.25. The fraction of sp³-hybridized carbons (Fsp3) is 0.286. The first kappa shape index (κ1) is 13.3. The molecule has 0 aliphatic rings. The number of nitrogens with two attached hydrogens (primary N) is 1. The molecule has 2 aromatic rings. The van der Waals surface area contributed by atoms with Crippen LogP contribution in [-0.2, 0) is 13.1 Å². The Labute approximate surface area is 112 Å². The van der Waals surface area contributed by atoms with Gasteiger partial charge in [-0.15, -0.1) is 0 Å². The van der Waals surface area contributed by atoms with Gasteiger partial charge in [-0.2, -0.15) is 5.10 Å². The average molecular weight is 258 g/mol. The molecular weight excluding hydrogens is 240 g/mol. The molecule has 0 aliphatic carbocycles. The van der Waals surface area contributed by atoms with Gasteiger partial charge in [0.15, 0.2) is 0 Å². The molecule has 0 spiro atoms. The van der Waals surface area contributed by atoms with E-state index in [1.54, 1.807) is 18.3 Å². The summed E-state index contributed by atoms with van der Waals surface area (Å²) in [4.78, 5) is 11.8. The Morgan fingerprint density at radius 2 is 2.11 bits per heavy atom. The van der Waals surface area contributed by atoms with Gasteiger partial charge in [-0.25, -0.2) is 0 Å². The van der Waals surface area contributed by atoms with Crippen molar-refractivity contribution in [3.8, 4) is 0 Å². The van der Waals surface area contributed by atoms with Gasteiger partial charge in [0.05, 0.1) is 0 Å². The van der Waals surface area contributed by atoms with E-state index in [1.165, 1.54) is 0 Å². The van der Waals surface area contributed by atoms with Crippen molar-refractivity contribution in [3.63, 3.8) is 0 Å². The minimum Gasteiger partial charge on any atom is -0.352 e. The van der Waals surface area contributed by atoms with Crippen LogP contribution in [0.15, 0.2) is 42.7 Å². The monoisotopic (exact) mass is 258 g/mol. The van der Waals surface area contributed by atoms with Crippen molar-refractivity contribution in [2.45, 2.75) is 19.5 Å². The van der Waals surface area contributed by atoms with Gasteiger partial charge in [-0.1, -0.05) is 12.1 Å². The summed E-state index contributed by atoms with van der Waals surface area (Å²) in [5.74, 6) is -0.0518. The second-order valence-corrected chi connectivity index (χ2v) is 4.28. The van der Waals surface area contributed by atoms with Crippen molar-refractivity contribution in [2.24, 2.45) is 5.73 Å². The van der Waals surface area contributed by atoms with E-state index in [0.717, 1.165) is 18.5 Å². The van der Waals surface area contributed by atoms with Crippen LogP contribution < -0.4 is 11.1 Å². The summed E-state index contributed by atoms with van der Waals surface area (Å²) in [6.45, 7) is 1.93. The molecule has 1 heterocycles. The summed E-state index contributed by atoms with van der Waals surface area (Å²) in [7, 11) is 0. The molecule has 5 nitrogen and oxygen atoms in total. The fourth-order valence-electron chi connectivity index (χ4n) is 1.77. The van der Waals surface area contributed by atoms with E-state index in [2.05, 4.69) is 10.4 Å². The maximum absolute atomic E-state index is 11.8. The first-order chi connectivity index (χ1) is 9.29. The minimum absolute atomic E-state index is 0.0518. The lowest BCUT2D eigenvalue weighted by atomic mass is 10.1. The van der Waals surface area contributed by atoms with Gasteiger partial charge in [-0.05, 0) is 30.2 Å². The van der Waals surface area contributed by atoms with Crippen LogP contribution in [0.3, 0.4) is 0 Å². The molecular formula is C14H18N4O. The summed E-state index contributed by atoms with van der Waals surface area (Å²) >= 11 is 0. The van der Waals surface area contributed by atoms with E-state index in [1.807, 2.05) is 29.1 Å². The third-order valence-corrected chi connectivity index (χ3v) is 2.86. The van der Waals surface area contributed by atoms with Gasteiger partial charge in [0.2, 0.25) is 0 Å². The molecule has 100 valence electrons. The summed E-state index contributed by atoms with van der Waals surface area (Å²) in [6.07, 6.45) is 4.51. The number of aromatic nitrogens is 2. The van der Waals surface area contributed by atoms with Gasteiger partial charge < -0.3 is 11.1 Å². The molecule has 0 unspecified atom stereocenters. The first-order valence-corrected chi connectivity index (χ1v) is 6.34. The highest BCUT2D eigenvalue weighted by atomic mass is 16.1. The standard InChI is InChI=1S/C14H18N4O/c15-11-12-3-5-13(6-4-12)14(19)16-7-1-9-18-10-2-8-17-18/h2-6,8,10H,1,7,9,11,15H2,(H,16,19). The normalized spacial score (nSPS) is 10.4. The number of amides is 1. The summed E-state index contributed by atoms with van der Waals surface area (Å²) < 4.78 is 1.85. The lowest BCUT2D eigenvalue weighted by molar-refractivity contribution is 0.0952. The Balaban J connectivity index is 1.74. The predicted octanol–water partition coefficient (Wildman–Crippen LogP) is 1.16. The molecule has 0 atom stereocenters. The van der Waals surface area contributed by atoms with Crippen LogP contribution in [0.4, 0.5) is 0 Å². The molecule has 0 fully saturated rings. The molecule has 1 aromatic heterocycles. The van der Waals surface area contributed by atoms with Crippen molar-refractivity contribution < 1.29 is 4.79 Å². The first-order valence-electron chi connectivity index (χ1n) is 6.34. The SMILES string of the molecule is NCc1ccc(C(=O)NCCCn2cccn2)cc1. The maximum Gasteiger partial charge on any atom is 0.251 e. The molecule has 0 saturated heterocycles. The van der Waals surface area contributed by atoms with Gasteiger partial charge in [0.1, 0.15) is 0 Å². The van der Waals surface area contributed by atoms with Crippen LogP contribution in [0, 0.1) is 0 Å². The topological polar surface area (TPSA) is 72.9 Å². The summed E-state index contributed by atoms with van der Waals surface area (Å²) in [6, 6.07) is 9.23. The summed E-state index contributed by atoms with van der Waals surface area (Å²) in [5.41, 5.74) is 7.20. The second kappa shape index (κ2) is 6.70. The Bertz CT molecular complexity index is 505. The average Bonchev–Trinajstić information content (AvgIpc) is 2.96. The van der Waals surface area contributed by atoms with Gasteiger partial charge in [0, 0.05) is 37.6 Å². The van der Waals surface area contributed by atoms with E-state index in [-0.39, 0.29) is 5.91 Å². The number of rotatable bonds is 6. The van der Waals surface area contributed by atoms with Crippen LogP contribution in [-0.4, -0.2) is 22.2 Å². The molecule has 1 aromatic carbocycles. The highest BCUT2D eigenvalue weighted by Crippen LogP contribution is 2.03. The van der Waals surface area contributed by atoms with E-state index in [4.69, 9.17) is 5.73 Å². The van der Waals surface area contributed by atoms with Crippen molar-refractivity contribution in [2.75, 3.05) is 6.54 Å². The van der Waals surface area contributed by atoms with E-state index >= 15 is 0 Å². The number of nitrogens with one attached hydrogen (secondary N) is 1. The van der Waals surface area contributed by atoms with Crippen LogP contribution in [0.25, 0.3) is 0 Å². The zero-order valence-corrected chi connectivity index (χ0v) is 10.7. The molecule has 5 heteroatoms. The summed E-state index contributed by atoms with van der Waals surface area (Å²) in [5, 5.41) is 6.99. The highest BCUT2D eigenvalue weighted by Gasteiger charge is 2.04. The van der Waals surface area contributed by atoms with Gasteiger partial charge in [-0.3, -0.25) is 9.48 Å². The van der Waals surface area contributed by atoms with Crippen LogP contribution in [0.2, 0.25) is 0 Å². The van der Waals surface area contributed by atoms with Crippen LogP contribution in [0.5, 0.6) is 0 Å². The van der Waals surface area contributed by atoms with Crippen molar-refractivity contribution in [1.29, 1.82) is 0 Å². The quantitative estimate of drug-likeness (QED) is 0.764. The fourth-order valence-corrected chi connectivity index (χ4v) is 1.77. The van der Waals surface area contributed by atoms with Crippen LogP contribution in [0.1, 0.15) is 22.3 Å². The smallest absolute Gasteiger partial charge is 0.251 e. The number of hydrogen-bond acceptors (Lipinski definition) is 3. The Hall–Kier alpha value is -2.14. The molecule has 0 bridgehead atoms. The highest BCUT2D eigenvalue weighted by molar-refractivity contribution is 5.94. The van der Waals surface area contributed by atoms with E-state index in [0.29, 0.717) is 18.7 Å². The predicted molar refractivity (Wildman–Crippen MR) is 73.5 cm³/mol. The molecule has 3 N–H and O–H groups in total. The lowest BCUT2D eigenvalue weighted by Gasteiger charge is -2.06. The van der Waals surface area contributed by atoms with Crippen molar-refractivity contribution in [1.82, 2.24) is 15.1 Å². The van der Waals surface area contributed by atoms with E-state index in [9.17, 15) is 4.79 Å². The third-order valence-electron chi connectivity index (χ3n) is 2.86. The molecule has 0 radical (unpaired) electrons. The number of hydrogen-bond donors (Lipinski definition) is 2. The number of carbonyl (C=O) groups is 1. The minimum atomic E-state index is -0.0518. The van der Waals surface area contributed by atoms with Crippen LogP contribution >= 0.6 is 0 Å². The number of carbonyl (C=O) groups excluding carboxylic acids is 1. The zero-order valence-electron chi connectivity index (χ0n) is 10.7. The maximum atomic E-state index is 11.8. The Kier molecular flexibility index (Phi) is 4.69. The second-order valence-electron chi connectivity index (χ2n) is 4.28. The Morgan fingerprint density at radius 3 is 2.74 bits per heavy atom. The molecule has 19 heavy (non-hydrogen) atoms. The number of nitrogens with zero attached hydrogens (tertiary/aromatic N) is 2. The van der Waals surface area contributed by atoms with E-state index < -0.39 is 0 Å². The third kappa shape index (κ3) is 3.93. The Morgan fingerprint density at radius 1 is 1.32 bits per heavy atom. The zero-order chi connectivity index (χ0) is 13.5. The van der Waals surface area contributed by atoms with Crippen molar-refractivity contribution in [3.05, 3.63) is 53.9 Å². The largest absolute Gasteiger partial charge is 0.352 e. The number of aryl methyl sites for hydroxylation is 1.